The van der Waals surface area contributed by atoms with Gasteiger partial charge in [0.1, 0.15) is 5.75 Å². The zero-order valence-electron chi connectivity index (χ0n) is 11.4. The molecule has 1 aliphatic rings. The van der Waals surface area contributed by atoms with Gasteiger partial charge in [-0.05, 0) is 43.4 Å². The first-order chi connectivity index (χ1) is 9.19. The molecule has 1 aliphatic carbocycles. The molecule has 0 aromatic heterocycles. The summed E-state index contributed by atoms with van der Waals surface area (Å²) in [5, 5.41) is 2.99. The predicted octanol–water partition coefficient (Wildman–Crippen LogP) is 1.83. The van der Waals surface area contributed by atoms with Gasteiger partial charge in [0.05, 0.1) is 0 Å². The zero-order valence-corrected chi connectivity index (χ0v) is 11.4. The van der Waals surface area contributed by atoms with Crippen molar-refractivity contribution in [3.05, 3.63) is 29.8 Å². The molecule has 0 aliphatic heterocycles. The molecule has 1 atom stereocenters. The summed E-state index contributed by atoms with van der Waals surface area (Å²) in [6.45, 7) is 2.65. The zero-order chi connectivity index (χ0) is 13.7. The van der Waals surface area contributed by atoms with Crippen LogP contribution in [0.25, 0.3) is 0 Å². The van der Waals surface area contributed by atoms with Crippen molar-refractivity contribution in [1.82, 2.24) is 5.32 Å². The van der Waals surface area contributed by atoms with Gasteiger partial charge in [-0.1, -0.05) is 18.6 Å². The van der Waals surface area contributed by atoms with E-state index in [-0.39, 0.29) is 18.6 Å². The lowest BCUT2D eigenvalue weighted by molar-refractivity contribution is -0.124. The summed E-state index contributed by atoms with van der Waals surface area (Å²) in [5.74, 6) is 1.29. The number of nitrogens with two attached hydrogens (primary N) is 1. The molecule has 4 nitrogen and oxygen atoms in total. The molecule has 0 saturated heterocycles. The second-order valence-electron chi connectivity index (χ2n) is 5.18. The van der Waals surface area contributed by atoms with Gasteiger partial charge in [-0.2, -0.15) is 0 Å². The molecule has 0 bridgehead atoms. The maximum Gasteiger partial charge on any atom is 0.258 e. The van der Waals surface area contributed by atoms with Crippen LogP contribution in [0.2, 0.25) is 0 Å². The highest BCUT2D eigenvalue weighted by Gasteiger charge is 2.24. The van der Waals surface area contributed by atoms with Gasteiger partial charge in [-0.3, -0.25) is 4.79 Å². The van der Waals surface area contributed by atoms with Gasteiger partial charge in [0.15, 0.2) is 6.61 Å². The molecule has 0 heterocycles. The molecule has 2 rings (SSSR count). The van der Waals surface area contributed by atoms with E-state index in [0.717, 1.165) is 5.56 Å². The van der Waals surface area contributed by atoms with Crippen LogP contribution in [0.4, 0.5) is 0 Å². The number of carbonyl (C=O) groups excluding carboxylic acids is 1. The molecule has 19 heavy (non-hydrogen) atoms. The Kier molecular flexibility index (Phi) is 4.80. The number of hydrogen-bond donors (Lipinski definition) is 2. The minimum absolute atomic E-state index is 0.0534. The lowest BCUT2D eigenvalue weighted by Gasteiger charge is -2.31. The molecular weight excluding hydrogens is 240 g/mol. The smallest absolute Gasteiger partial charge is 0.258 e. The minimum atomic E-state index is -0.0534. The van der Waals surface area contributed by atoms with Crippen molar-refractivity contribution < 1.29 is 9.53 Å². The van der Waals surface area contributed by atoms with Crippen molar-refractivity contribution in [2.45, 2.75) is 38.8 Å². The number of benzene rings is 1. The van der Waals surface area contributed by atoms with Crippen LogP contribution in [0.3, 0.4) is 0 Å². The largest absolute Gasteiger partial charge is 0.484 e. The Labute approximate surface area is 114 Å². The molecule has 1 aromatic rings. The summed E-state index contributed by atoms with van der Waals surface area (Å²) in [6, 6.07) is 7.74. The topological polar surface area (TPSA) is 64.3 Å². The average Bonchev–Trinajstić information content (AvgIpc) is 2.34. The fourth-order valence-electron chi connectivity index (χ4n) is 2.22. The van der Waals surface area contributed by atoms with E-state index in [1.54, 1.807) is 0 Å². The first kappa shape index (κ1) is 13.9. The summed E-state index contributed by atoms with van der Waals surface area (Å²) in [5.41, 5.74) is 6.57. The van der Waals surface area contributed by atoms with Crippen LogP contribution < -0.4 is 15.8 Å². The number of rotatable bonds is 6. The van der Waals surface area contributed by atoms with Gasteiger partial charge in [-0.25, -0.2) is 0 Å². The second-order valence-corrected chi connectivity index (χ2v) is 5.18. The molecular formula is C15H22N2O2. The Morgan fingerprint density at radius 1 is 1.42 bits per heavy atom. The SMILES string of the molecule is CC(NC(=O)COc1ccc(CN)cc1)C1CCC1. The van der Waals surface area contributed by atoms with Crippen molar-refractivity contribution >= 4 is 5.91 Å². The van der Waals surface area contributed by atoms with Gasteiger partial charge < -0.3 is 15.8 Å². The van der Waals surface area contributed by atoms with E-state index < -0.39 is 0 Å². The van der Waals surface area contributed by atoms with E-state index in [1.807, 2.05) is 24.3 Å². The Bertz CT molecular complexity index is 413. The normalized spacial score (nSPS) is 16.5. The van der Waals surface area contributed by atoms with Crippen molar-refractivity contribution in [2.24, 2.45) is 11.7 Å². The lowest BCUT2D eigenvalue weighted by Crippen LogP contribution is -2.42. The van der Waals surface area contributed by atoms with Crippen molar-refractivity contribution in [3.8, 4) is 5.75 Å². The standard InChI is InChI=1S/C15H22N2O2/c1-11(13-3-2-4-13)17-15(18)10-19-14-7-5-12(9-16)6-8-14/h5-8,11,13H,2-4,9-10,16H2,1H3,(H,17,18). The summed E-state index contributed by atoms with van der Waals surface area (Å²) in [7, 11) is 0. The van der Waals surface area contributed by atoms with E-state index in [4.69, 9.17) is 10.5 Å². The summed E-state index contributed by atoms with van der Waals surface area (Å²) in [4.78, 5) is 11.7. The summed E-state index contributed by atoms with van der Waals surface area (Å²) < 4.78 is 5.45. The third-order valence-corrected chi connectivity index (χ3v) is 3.77. The Morgan fingerprint density at radius 3 is 2.63 bits per heavy atom. The van der Waals surface area contributed by atoms with Crippen LogP contribution in [-0.4, -0.2) is 18.6 Å². The molecule has 104 valence electrons. The number of nitrogens with one attached hydrogen (secondary N) is 1. The molecule has 0 spiro atoms. The minimum Gasteiger partial charge on any atom is -0.484 e. The van der Waals surface area contributed by atoms with Crippen LogP contribution in [0.1, 0.15) is 31.7 Å². The Hall–Kier alpha value is -1.55. The molecule has 1 fully saturated rings. The highest BCUT2D eigenvalue weighted by Crippen LogP contribution is 2.29. The van der Waals surface area contributed by atoms with E-state index in [2.05, 4.69) is 12.2 Å². The van der Waals surface area contributed by atoms with Crippen LogP contribution in [0.15, 0.2) is 24.3 Å². The highest BCUT2D eigenvalue weighted by molar-refractivity contribution is 5.77. The molecule has 3 N–H and O–H groups in total. The average molecular weight is 262 g/mol. The van der Waals surface area contributed by atoms with Crippen LogP contribution in [0.5, 0.6) is 5.75 Å². The quantitative estimate of drug-likeness (QED) is 0.822. The lowest BCUT2D eigenvalue weighted by atomic mass is 9.80. The monoisotopic (exact) mass is 262 g/mol. The number of ether oxygens (including phenoxy) is 1. The van der Waals surface area contributed by atoms with E-state index >= 15 is 0 Å². The number of amides is 1. The third kappa shape index (κ3) is 3.96. The fourth-order valence-corrected chi connectivity index (χ4v) is 2.22. The highest BCUT2D eigenvalue weighted by atomic mass is 16.5. The Morgan fingerprint density at radius 2 is 2.11 bits per heavy atom. The van der Waals surface area contributed by atoms with Crippen molar-refractivity contribution in [1.29, 1.82) is 0 Å². The maximum absolute atomic E-state index is 11.7. The summed E-state index contributed by atoms with van der Waals surface area (Å²) in [6.07, 6.45) is 3.74. The van der Waals surface area contributed by atoms with Gasteiger partial charge in [0.2, 0.25) is 0 Å². The molecule has 1 unspecified atom stereocenters. The van der Waals surface area contributed by atoms with Crippen molar-refractivity contribution in [2.75, 3.05) is 6.61 Å². The molecule has 1 aromatic carbocycles. The molecule has 4 heteroatoms. The fraction of sp³-hybridized carbons (Fsp3) is 0.533. The van der Waals surface area contributed by atoms with E-state index in [9.17, 15) is 4.79 Å². The molecule has 1 amide bonds. The molecule has 1 saturated carbocycles. The van der Waals surface area contributed by atoms with Crippen molar-refractivity contribution in [3.63, 3.8) is 0 Å². The number of carbonyl (C=O) groups is 1. The summed E-state index contributed by atoms with van der Waals surface area (Å²) >= 11 is 0. The molecule has 0 radical (unpaired) electrons. The third-order valence-electron chi connectivity index (χ3n) is 3.77. The van der Waals surface area contributed by atoms with Gasteiger partial charge in [0, 0.05) is 12.6 Å². The predicted molar refractivity (Wildman–Crippen MR) is 74.8 cm³/mol. The van der Waals surface area contributed by atoms with Gasteiger partial charge >= 0.3 is 0 Å². The first-order valence-corrected chi connectivity index (χ1v) is 6.90. The first-order valence-electron chi connectivity index (χ1n) is 6.90. The second kappa shape index (κ2) is 6.57. The number of hydrogen-bond acceptors (Lipinski definition) is 3. The van der Waals surface area contributed by atoms with Gasteiger partial charge in [0.25, 0.3) is 5.91 Å². The van der Waals surface area contributed by atoms with Crippen LogP contribution in [-0.2, 0) is 11.3 Å². The van der Waals surface area contributed by atoms with E-state index in [1.165, 1.54) is 19.3 Å². The van der Waals surface area contributed by atoms with Crippen LogP contribution >= 0.6 is 0 Å². The Balaban J connectivity index is 1.72. The van der Waals surface area contributed by atoms with E-state index in [0.29, 0.717) is 18.2 Å². The maximum atomic E-state index is 11.7. The van der Waals surface area contributed by atoms with Crippen LogP contribution in [0, 0.1) is 5.92 Å². The van der Waals surface area contributed by atoms with Gasteiger partial charge in [-0.15, -0.1) is 0 Å².